The third-order valence-corrected chi connectivity index (χ3v) is 4.81. The van der Waals surface area contributed by atoms with E-state index < -0.39 is 0 Å². The topological polar surface area (TPSA) is 20.3 Å². The van der Waals surface area contributed by atoms with Gasteiger partial charge in [-0.1, -0.05) is 72.8 Å². The van der Waals surface area contributed by atoms with E-state index in [9.17, 15) is 4.79 Å². The molecule has 3 rings (SSSR count). The third-order valence-electron chi connectivity index (χ3n) is 4.12. The third kappa shape index (κ3) is 4.80. The average molecular weight is 394 g/mol. The van der Waals surface area contributed by atoms with Gasteiger partial charge in [0.05, 0.1) is 5.56 Å². The highest BCUT2D eigenvalue weighted by molar-refractivity contribution is 9.10. The Morgan fingerprint density at radius 2 is 1.32 bits per heavy atom. The number of hydrogen-bond donors (Lipinski definition) is 0. The molecule has 3 aromatic rings. The van der Waals surface area contributed by atoms with Gasteiger partial charge in [0.25, 0.3) is 5.91 Å². The minimum Gasteiger partial charge on any atom is -0.334 e. The number of nitrogens with zero attached hydrogens (tertiary/aromatic N) is 1. The van der Waals surface area contributed by atoms with Crippen LogP contribution in [0.1, 0.15) is 21.5 Å². The highest BCUT2D eigenvalue weighted by atomic mass is 79.9. The summed E-state index contributed by atoms with van der Waals surface area (Å²) in [5.41, 5.74) is 3.07. The van der Waals surface area contributed by atoms with Crippen molar-refractivity contribution in [2.45, 2.75) is 13.0 Å². The van der Waals surface area contributed by atoms with Gasteiger partial charge in [0.2, 0.25) is 0 Å². The minimum atomic E-state index is 0.0484. The van der Waals surface area contributed by atoms with Gasteiger partial charge < -0.3 is 4.90 Å². The maximum atomic E-state index is 13.1. The molecule has 0 N–H and O–H groups in total. The molecule has 126 valence electrons. The maximum absolute atomic E-state index is 13.1. The summed E-state index contributed by atoms with van der Waals surface area (Å²) in [6.45, 7) is 1.28. The fraction of sp³-hybridized carbons (Fsp3) is 0.136. The number of carbonyl (C=O) groups is 1. The Balaban J connectivity index is 1.80. The number of amides is 1. The summed E-state index contributed by atoms with van der Waals surface area (Å²) >= 11 is 3.50. The summed E-state index contributed by atoms with van der Waals surface area (Å²) < 4.78 is 0.831. The number of rotatable bonds is 6. The SMILES string of the molecule is O=C(c1ccccc1Br)N(CCc1ccccc1)Cc1ccccc1. The van der Waals surface area contributed by atoms with Gasteiger partial charge in [-0.05, 0) is 45.6 Å². The van der Waals surface area contributed by atoms with E-state index in [1.54, 1.807) is 0 Å². The molecular formula is C22H20BrNO. The highest BCUT2D eigenvalue weighted by Gasteiger charge is 2.18. The van der Waals surface area contributed by atoms with Crippen molar-refractivity contribution < 1.29 is 4.79 Å². The van der Waals surface area contributed by atoms with E-state index in [4.69, 9.17) is 0 Å². The molecule has 0 unspecified atom stereocenters. The second kappa shape index (κ2) is 8.63. The molecule has 0 spiro atoms. The van der Waals surface area contributed by atoms with Crippen LogP contribution in [0.4, 0.5) is 0 Å². The predicted molar refractivity (Wildman–Crippen MR) is 105 cm³/mol. The quantitative estimate of drug-likeness (QED) is 0.553. The molecule has 0 aliphatic carbocycles. The van der Waals surface area contributed by atoms with Crippen molar-refractivity contribution in [2.24, 2.45) is 0 Å². The van der Waals surface area contributed by atoms with Gasteiger partial charge in [-0.25, -0.2) is 0 Å². The smallest absolute Gasteiger partial charge is 0.255 e. The Hall–Kier alpha value is -2.39. The molecule has 0 fully saturated rings. The van der Waals surface area contributed by atoms with Crippen molar-refractivity contribution >= 4 is 21.8 Å². The molecule has 3 heteroatoms. The Bertz CT molecular complexity index is 818. The van der Waals surface area contributed by atoms with Gasteiger partial charge in [0.15, 0.2) is 0 Å². The average Bonchev–Trinajstić information content (AvgIpc) is 2.66. The fourth-order valence-corrected chi connectivity index (χ4v) is 3.22. The molecular weight excluding hydrogens is 374 g/mol. The van der Waals surface area contributed by atoms with Crippen molar-refractivity contribution in [3.05, 3.63) is 106 Å². The van der Waals surface area contributed by atoms with Crippen LogP contribution >= 0.6 is 15.9 Å². The van der Waals surface area contributed by atoms with Crippen molar-refractivity contribution in [3.63, 3.8) is 0 Å². The Morgan fingerprint density at radius 3 is 1.96 bits per heavy atom. The van der Waals surface area contributed by atoms with Crippen LogP contribution in [-0.4, -0.2) is 17.4 Å². The lowest BCUT2D eigenvalue weighted by Gasteiger charge is -2.23. The van der Waals surface area contributed by atoms with E-state index in [2.05, 4.69) is 40.2 Å². The first-order chi connectivity index (χ1) is 12.2. The van der Waals surface area contributed by atoms with E-state index in [1.807, 2.05) is 65.6 Å². The molecule has 0 aliphatic heterocycles. The lowest BCUT2D eigenvalue weighted by Crippen LogP contribution is -2.32. The van der Waals surface area contributed by atoms with Crippen molar-refractivity contribution in [1.29, 1.82) is 0 Å². The largest absolute Gasteiger partial charge is 0.334 e. The monoisotopic (exact) mass is 393 g/mol. The molecule has 0 bridgehead atoms. The van der Waals surface area contributed by atoms with Crippen molar-refractivity contribution in [2.75, 3.05) is 6.54 Å². The lowest BCUT2D eigenvalue weighted by atomic mass is 10.1. The summed E-state index contributed by atoms with van der Waals surface area (Å²) in [5, 5.41) is 0. The fourth-order valence-electron chi connectivity index (χ4n) is 2.77. The Kier molecular flexibility index (Phi) is 6.02. The molecule has 3 aromatic carbocycles. The zero-order valence-electron chi connectivity index (χ0n) is 13.9. The molecule has 0 aromatic heterocycles. The molecule has 0 heterocycles. The molecule has 1 amide bonds. The first-order valence-corrected chi connectivity index (χ1v) is 9.15. The van der Waals surface area contributed by atoms with Crippen LogP contribution in [0, 0.1) is 0 Å². The zero-order chi connectivity index (χ0) is 17.5. The minimum absolute atomic E-state index is 0.0484. The first-order valence-electron chi connectivity index (χ1n) is 8.35. The summed E-state index contributed by atoms with van der Waals surface area (Å²) in [7, 11) is 0. The molecule has 0 atom stereocenters. The standard InChI is InChI=1S/C22H20BrNO/c23-21-14-8-7-13-20(21)22(25)24(17-19-11-5-2-6-12-19)16-15-18-9-3-1-4-10-18/h1-14H,15-17H2. The van der Waals surface area contributed by atoms with E-state index in [0.29, 0.717) is 18.7 Å². The number of carbonyl (C=O) groups excluding carboxylic acids is 1. The summed E-state index contributed by atoms with van der Waals surface area (Å²) in [4.78, 5) is 15.0. The Morgan fingerprint density at radius 1 is 0.760 bits per heavy atom. The molecule has 0 radical (unpaired) electrons. The molecule has 0 saturated heterocycles. The van der Waals surface area contributed by atoms with Gasteiger partial charge in [-0.3, -0.25) is 4.79 Å². The van der Waals surface area contributed by atoms with E-state index in [-0.39, 0.29) is 5.91 Å². The van der Waals surface area contributed by atoms with Crippen LogP contribution in [0.3, 0.4) is 0 Å². The summed E-state index contributed by atoms with van der Waals surface area (Å²) in [6.07, 6.45) is 0.837. The van der Waals surface area contributed by atoms with Crippen LogP contribution in [0.5, 0.6) is 0 Å². The number of halogens is 1. The molecule has 25 heavy (non-hydrogen) atoms. The number of hydrogen-bond acceptors (Lipinski definition) is 1. The second-order valence-electron chi connectivity index (χ2n) is 5.93. The summed E-state index contributed by atoms with van der Waals surface area (Å²) in [5.74, 6) is 0.0484. The van der Waals surface area contributed by atoms with Crippen LogP contribution < -0.4 is 0 Å². The van der Waals surface area contributed by atoms with Crippen LogP contribution in [0.25, 0.3) is 0 Å². The molecule has 0 aliphatic rings. The van der Waals surface area contributed by atoms with Crippen LogP contribution in [0.15, 0.2) is 89.4 Å². The Labute approximate surface area is 157 Å². The second-order valence-corrected chi connectivity index (χ2v) is 6.78. The van der Waals surface area contributed by atoms with Gasteiger partial charge in [-0.15, -0.1) is 0 Å². The van der Waals surface area contributed by atoms with Crippen molar-refractivity contribution in [1.82, 2.24) is 4.90 Å². The normalized spacial score (nSPS) is 10.4. The van der Waals surface area contributed by atoms with E-state index >= 15 is 0 Å². The van der Waals surface area contributed by atoms with Gasteiger partial charge >= 0.3 is 0 Å². The van der Waals surface area contributed by atoms with E-state index in [0.717, 1.165) is 16.5 Å². The van der Waals surface area contributed by atoms with Crippen LogP contribution in [-0.2, 0) is 13.0 Å². The lowest BCUT2D eigenvalue weighted by molar-refractivity contribution is 0.0744. The van der Waals surface area contributed by atoms with Gasteiger partial charge in [-0.2, -0.15) is 0 Å². The van der Waals surface area contributed by atoms with E-state index in [1.165, 1.54) is 5.56 Å². The van der Waals surface area contributed by atoms with Crippen LogP contribution in [0.2, 0.25) is 0 Å². The van der Waals surface area contributed by atoms with Gasteiger partial charge in [0.1, 0.15) is 0 Å². The first kappa shape index (κ1) is 17.4. The zero-order valence-corrected chi connectivity index (χ0v) is 15.5. The predicted octanol–water partition coefficient (Wildman–Crippen LogP) is 5.33. The number of benzene rings is 3. The highest BCUT2D eigenvalue weighted by Crippen LogP contribution is 2.19. The maximum Gasteiger partial charge on any atom is 0.255 e. The van der Waals surface area contributed by atoms with Crippen molar-refractivity contribution in [3.8, 4) is 0 Å². The molecule has 2 nitrogen and oxygen atoms in total. The van der Waals surface area contributed by atoms with Gasteiger partial charge in [0, 0.05) is 17.6 Å². The summed E-state index contributed by atoms with van der Waals surface area (Å²) in [6, 6.07) is 28.0. The molecule has 0 saturated carbocycles.